The van der Waals surface area contributed by atoms with Gasteiger partial charge in [0.1, 0.15) is 0 Å². The molecule has 10 atom stereocenters. The number of rotatable bonds is 6. The van der Waals surface area contributed by atoms with Crippen LogP contribution in [0.4, 0.5) is 0 Å². The Labute approximate surface area is 209 Å². The van der Waals surface area contributed by atoms with Crippen LogP contribution >= 0.6 is 0 Å². The third-order valence-electron chi connectivity index (χ3n) is 13.5. The van der Waals surface area contributed by atoms with Crippen molar-refractivity contribution in [3.05, 3.63) is 12.2 Å². The van der Waals surface area contributed by atoms with Crippen LogP contribution in [0.1, 0.15) is 106 Å². The number of allylic oxidation sites excluding steroid dienone is 1. The van der Waals surface area contributed by atoms with E-state index in [1.54, 1.807) is 7.11 Å². The highest BCUT2D eigenvalue weighted by Crippen LogP contribution is 2.89. The lowest BCUT2D eigenvalue weighted by molar-refractivity contribution is -0.174. The molecule has 0 radical (unpaired) electrons. The summed E-state index contributed by atoms with van der Waals surface area (Å²) in [5.74, 6) is 2.84. The van der Waals surface area contributed by atoms with Gasteiger partial charge in [-0.1, -0.05) is 39.8 Å². The highest BCUT2D eigenvalue weighted by molar-refractivity contribution is 5.30. The van der Waals surface area contributed by atoms with E-state index in [0.29, 0.717) is 33.5 Å². The van der Waals surface area contributed by atoms with Gasteiger partial charge in [-0.15, -0.1) is 0 Å². The van der Waals surface area contributed by atoms with E-state index in [4.69, 9.17) is 4.74 Å². The van der Waals surface area contributed by atoms with Crippen LogP contribution in [0.3, 0.4) is 0 Å². The van der Waals surface area contributed by atoms with E-state index in [-0.39, 0.29) is 23.7 Å². The molecular weight excluding hydrogens is 420 g/mol. The van der Waals surface area contributed by atoms with Crippen LogP contribution in [-0.2, 0) is 4.74 Å². The van der Waals surface area contributed by atoms with Crippen LogP contribution in [0.2, 0.25) is 0 Å². The second kappa shape index (κ2) is 7.81. The van der Waals surface area contributed by atoms with E-state index in [0.717, 1.165) is 24.7 Å². The zero-order chi connectivity index (χ0) is 24.8. The molecule has 5 aliphatic rings. The molecule has 0 aromatic carbocycles. The van der Waals surface area contributed by atoms with Crippen molar-refractivity contribution in [1.29, 1.82) is 0 Å². The third kappa shape index (κ3) is 3.05. The molecule has 194 valence electrons. The molecule has 3 nitrogen and oxygen atoms in total. The Bertz CT molecular complexity index is 835. The molecule has 2 unspecified atom stereocenters. The van der Waals surface area contributed by atoms with E-state index in [1.165, 1.54) is 51.4 Å². The van der Waals surface area contributed by atoms with Gasteiger partial charge >= 0.3 is 0 Å². The zero-order valence-corrected chi connectivity index (χ0v) is 23.1. The van der Waals surface area contributed by atoms with Crippen molar-refractivity contribution < 1.29 is 14.9 Å². The fraction of sp³-hybridized carbons (Fsp3) is 0.935. The van der Waals surface area contributed by atoms with Gasteiger partial charge in [-0.25, -0.2) is 0 Å². The average molecular weight is 473 g/mol. The van der Waals surface area contributed by atoms with Crippen molar-refractivity contribution in [1.82, 2.24) is 0 Å². The molecule has 0 heterocycles. The maximum atomic E-state index is 10.9. The predicted octanol–water partition coefficient (Wildman–Crippen LogP) is 6.77. The molecule has 5 fully saturated rings. The van der Waals surface area contributed by atoms with Crippen LogP contribution in [0.5, 0.6) is 0 Å². The van der Waals surface area contributed by atoms with E-state index in [2.05, 4.69) is 53.7 Å². The number of methoxy groups -OCH3 is 1. The van der Waals surface area contributed by atoms with Crippen molar-refractivity contribution in [2.45, 2.75) is 117 Å². The molecule has 0 amide bonds. The molecule has 0 aromatic heterocycles. The fourth-order valence-corrected chi connectivity index (χ4v) is 11.1. The molecule has 3 heteroatoms. The first-order valence-corrected chi connectivity index (χ1v) is 14.4. The summed E-state index contributed by atoms with van der Waals surface area (Å²) < 4.78 is 5.60. The first-order chi connectivity index (χ1) is 15.9. The first kappa shape index (κ1) is 25.3. The number of aliphatic hydroxyl groups excluding tert-OH is 2. The summed E-state index contributed by atoms with van der Waals surface area (Å²) in [6, 6.07) is 0. The SMILES string of the molecule is COC(C)(C)/C=C/C[C@@H](C)[C@H]1CC[C@@]2(C)C3CCC4[C@@]5(CC[C@H](O)[C@@]4(C)CO)C[C@@]35CC[C@]12C. The fourth-order valence-electron chi connectivity index (χ4n) is 11.1. The normalized spacial score (nSPS) is 53.1. The van der Waals surface area contributed by atoms with Crippen molar-refractivity contribution in [3.63, 3.8) is 0 Å². The molecule has 5 saturated carbocycles. The lowest BCUT2D eigenvalue weighted by atomic mass is 9.41. The van der Waals surface area contributed by atoms with Crippen molar-refractivity contribution in [2.75, 3.05) is 13.7 Å². The number of aliphatic hydroxyl groups is 2. The van der Waals surface area contributed by atoms with Crippen LogP contribution in [0, 0.1) is 50.7 Å². The molecule has 5 aliphatic carbocycles. The van der Waals surface area contributed by atoms with E-state index in [9.17, 15) is 10.2 Å². The summed E-state index contributed by atoms with van der Waals surface area (Å²) in [5, 5.41) is 21.3. The van der Waals surface area contributed by atoms with Gasteiger partial charge in [0.2, 0.25) is 0 Å². The monoisotopic (exact) mass is 472 g/mol. The van der Waals surface area contributed by atoms with Crippen LogP contribution < -0.4 is 0 Å². The number of hydrogen-bond donors (Lipinski definition) is 2. The summed E-state index contributed by atoms with van der Waals surface area (Å²) in [6.07, 6.45) is 16.9. The lowest BCUT2D eigenvalue weighted by Gasteiger charge is -2.63. The number of fused-ring (bicyclic) bond motifs is 2. The quantitative estimate of drug-likeness (QED) is 0.420. The van der Waals surface area contributed by atoms with Gasteiger partial charge in [0, 0.05) is 12.5 Å². The maximum absolute atomic E-state index is 10.9. The van der Waals surface area contributed by atoms with E-state index >= 15 is 0 Å². The van der Waals surface area contributed by atoms with Crippen LogP contribution in [0.25, 0.3) is 0 Å². The smallest absolute Gasteiger partial charge is 0.0802 e. The van der Waals surface area contributed by atoms with Gasteiger partial charge in [0.15, 0.2) is 0 Å². The molecule has 0 aliphatic heterocycles. The Morgan fingerprint density at radius 1 is 0.941 bits per heavy atom. The Kier molecular flexibility index (Phi) is 5.81. The summed E-state index contributed by atoms with van der Waals surface area (Å²) in [4.78, 5) is 0. The zero-order valence-electron chi connectivity index (χ0n) is 23.1. The standard InChI is InChI=1S/C31H52O3/c1-21(9-8-14-26(2,3)34-7)22-12-15-29(6)24-11-10-23-27(4,20-32)25(33)13-16-30(23)19-31(24,30)18-17-28(22,29)5/h8,14,21-25,32-33H,9-13,15-20H2,1-7H3/b14-8+/t21-,22-,23?,24?,25+,27+,28-,29+,30-,31+/m1/s1. The van der Waals surface area contributed by atoms with E-state index in [1.807, 2.05) is 0 Å². The van der Waals surface area contributed by atoms with Gasteiger partial charge < -0.3 is 14.9 Å². The second-order valence-corrected chi connectivity index (χ2v) is 14.8. The van der Waals surface area contributed by atoms with E-state index < -0.39 is 0 Å². The Hall–Kier alpha value is -0.380. The summed E-state index contributed by atoms with van der Waals surface area (Å²) in [7, 11) is 1.80. The minimum Gasteiger partial charge on any atom is -0.396 e. The Balaban J connectivity index is 1.38. The van der Waals surface area contributed by atoms with Gasteiger partial charge in [0.25, 0.3) is 0 Å². The molecule has 5 rings (SSSR count). The first-order valence-electron chi connectivity index (χ1n) is 14.4. The maximum Gasteiger partial charge on any atom is 0.0802 e. The number of ether oxygens (including phenoxy) is 1. The molecule has 0 bridgehead atoms. The Morgan fingerprint density at radius 2 is 1.62 bits per heavy atom. The number of hydrogen-bond acceptors (Lipinski definition) is 3. The summed E-state index contributed by atoms with van der Waals surface area (Å²) in [5.41, 5.74) is 1.26. The van der Waals surface area contributed by atoms with Gasteiger partial charge in [-0.2, -0.15) is 0 Å². The second-order valence-electron chi connectivity index (χ2n) is 14.8. The largest absolute Gasteiger partial charge is 0.396 e. The van der Waals surface area contributed by atoms with Gasteiger partial charge in [-0.3, -0.25) is 0 Å². The van der Waals surface area contributed by atoms with Crippen LogP contribution in [-0.4, -0.2) is 35.6 Å². The highest BCUT2D eigenvalue weighted by Gasteiger charge is 2.82. The average Bonchev–Trinajstić information content (AvgIpc) is 3.38. The van der Waals surface area contributed by atoms with Crippen LogP contribution in [0.15, 0.2) is 12.2 Å². The summed E-state index contributed by atoms with van der Waals surface area (Å²) >= 11 is 0. The van der Waals surface area contributed by atoms with Crippen molar-refractivity contribution in [2.24, 2.45) is 50.7 Å². The molecule has 2 N–H and O–H groups in total. The predicted molar refractivity (Wildman–Crippen MR) is 138 cm³/mol. The van der Waals surface area contributed by atoms with Gasteiger partial charge in [0.05, 0.1) is 18.3 Å². The van der Waals surface area contributed by atoms with Crippen molar-refractivity contribution >= 4 is 0 Å². The molecule has 34 heavy (non-hydrogen) atoms. The molecule has 0 saturated heterocycles. The summed E-state index contributed by atoms with van der Waals surface area (Å²) in [6.45, 7) is 14.5. The molecule has 2 spiro atoms. The topological polar surface area (TPSA) is 49.7 Å². The minimum absolute atomic E-state index is 0.142. The highest BCUT2D eigenvalue weighted by atomic mass is 16.5. The lowest BCUT2D eigenvalue weighted by Crippen LogP contribution is -2.59. The molecule has 0 aromatic rings. The van der Waals surface area contributed by atoms with Crippen molar-refractivity contribution in [3.8, 4) is 0 Å². The van der Waals surface area contributed by atoms with Gasteiger partial charge in [-0.05, 0) is 123 Å². The molecular formula is C31H52O3. The Morgan fingerprint density at radius 3 is 2.29 bits per heavy atom. The minimum atomic E-state index is -0.334. The third-order valence-corrected chi connectivity index (χ3v) is 13.5.